The van der Waals surface area contributed by atoms with Gasteiger partial charge in [-0.2, -0.15) is 0 Å². The standard InChI is InChI=1S/C11H21NO2/c1-2-7-12-8-3-4-10(9-12)5-6-11(13)14/h10H,2-9H2,1H3,(H,13,14). The molecule has 1 aliphatic rings. The first-order chi connectivity index (χ1) is 6.72. The van der Waals surface area contributed by atoms with E-state index in [0.29, 0.717) is 12.3 Å². The second-order valence-corrected chi connectivity index (χ2v) is 4.24. The van der Waals surface area contributed by atoms with Crippen molar-refractivity contribution in [3.8, 4) is 0 Å². The molecule has 1 atom stereocenters. The highest BCUT2D eigenvalue weighted by Gasteiger charge is 2.19. The molecule has 0 bridgehead atoms. The van der Waals surface area contributed by atoms with Gasteiger partial charge in [-0.3, -0.25) is 4.79 Å². The van der Waals surface area contributed by atoms with Gasteiger partial charge in [0.2, 0.25) is 0 Å². The van der Waals surface area contributed by atoms with Gasteiger partial charge in [-0.1, -0.05) is 6.92 Å². The van der Waals surface area contributed by atoms with E-state index >= 15 is 0 Å². The highest BCUT2D eigenvalue weighted by molar-refractivity contribution is 5.66. The number of aliphatic carboxylic acids is 1. The molecular formula is C11H21NO2. The molecule has 0 radical (unpaired) electrons. The average molecular weight is 199 g/mol. The second kappa shape index (κ2) is 6.02. The largest absolute Gasteiger partial charge is 0.481 e. The lowest BCUT2D eigenvalue weighted by molar-refractivity contribution is -0.137. The molecule has 3 heteroatoms. The van der Waals surface area contributed by atoms with Gasteiger partial charge in [-0.05, 0) is 44.7 Å². The van der Waals surface area contributed by atoms with E-state index in [-0.39, 0.29) is 0 Å². The highest BCUT2D eigenvalue weighted by Crippen LogP contribution is 2.20. The lowest BCUT2D eigenvalue weighted by Gasteiger charge is -2.32. The van der Waals surface area contributed by atoms with Crippen molar-refractivity contribution in [2.24, 2.45) is 5.92 Å². The van der Waals surface area contributed by atoms with Crippen molar-refractivity contribution in [3.05, 3.63) is 0 Å². The minimum atomic E-state index is -0.655. The van der Waals surface area contributed by atoms with Gasteiger partial charge < -0.3 is 10.0 Å². The first-order valence-electron chi connectivity index (χ1n) is 5.66. The number of hydrogen-bond acceptors (Lipinski definition) is 2. The molecule has 82 valence electrons. The summed E-state index contributed by atoms with van der Waals surface area (Å²) in [5, 5.41) is 8.60. The third kappa shape index (κ3) is 4.09. The summed E-state index contributed by atoms with van der Waals surface area (Å²) < 4.78 is 0. The predicted molar refractivity (Wildman–Crippen MR) is 56.3 cm³/mol. The predicted octanol–water partition coefficient (Wildman–Crippen LogP) is 1.97. The van der Waals surface area contributed by atoms with Gasteiger partial charge in [-0.15, -0.1) is 0 Å². The van der Waals surface area contributed by atoms with Crippen molar-refractivity contribution in [2.45, 2.75) is 39.0 Å². The molecule has 0 amide bonds. The Hall–Kier alpha value is -0.570. The van der Waals surface area contributed by atoms with Crippen LogP contribution in [0.5, 0.6) is 0 Å². The van der Waals surface area contributed by atoms with Crippen molar-refractivity contribution in [2.75, 3.05) is 19.6 Å². The number of likely N-dealkylation sites (tertiary alicyclic amines) is 1. The molecule has 1 heterocycles. The summed E-state index contributed by atoms with van der Waals surface area (Å²) in [7, 11) is 0. The first kappa shape index (κ1) is 11.5. The molecule has 0 aromatic heterocycles. The van der Waals surface area contributed by atoms with Gasteiger partial charge in [-0.25, -0.2) is 0 Å². The number of piperidine rings is 1. The van der Waals surface area contributed by atoms with Crippen LogP contribution in [0.3, 0.4) is 0 Å². The number of nitrogens with zero attached hydrogens (tertiary/aromatic N) is 1. The van der Waals surface area contributed by atoms with Crippen molar-refractivity contribution in [1.82, 2.24) is 4.90 Å². The fourth-order valence-corrected chi connectivity index (χ4v) is 2.23. The number of carboxylic acid groups (broad SMARTS) is 1. The van der Waals surface area contributed by atoms with Crippen LogP contribution in [0.2, 0.25) is 0 Å². The van der Waals surface area contributed by atoms with Crippen molar-refractivity contribution >= 4 is 5.97 Å². The van der Waals surface area contributed by atoms with Gasteiger partial charge in [0, 0.05) is 13.0 Å². The van der Waals surface area contributed by atoms with E-state index < -0.39 is 5.97 Å². The van der Waals surface area contributed by atoms with Gasteiger partial charge >= 0.3 is 5.97 Å². The Labute approximate surface area is 86.1 Å². The summed E-state index contributed by atoms with van der Waals surface area (Å²) in [5.74, 6) is -0.0379. The van der Waals surface area contributed by atoms with Crippen LogP contribution < -0.4 is 0 Å². The third-order valence-corrected chi connectivity index (χ3v) is 2.91. The zero-order chi connectivity index (χ0) is 10.4. The van der Waals surface area contributed by atoms with E-state index in [1.54, 1.807) is 0 Å². The third-order valence-electron chi connectivity index (χ3n) is 2.91. The number of carboxylic acids is 1. The Bertz CT molecular complexity index is 180. The maximum atomic E-state index is 10.4. The normalized spacial score (nSPS) is 23.6. The number of carbonyl (C=O) groups is 1. The van der Waals surface area contributed by atoms with Crippen molar-refractivity contribution in [3.63, 3.8) is 0 Å². The summed E-state index contributed by atoms with van der Waals surface area (Å²) in [4.78, 5) is 12.9. The van der Waals surface area contributed by atoms with Crippen molar-refractivity contribution < 1.29 is 9.90 Å². The molecule has 0 aromatic carbocycles. The van der Waals surface area contributed by atoms with E-state index in [9.17, 15) is 4.79 Å². The molecule has 1 N–H and O–H groups in total. The smallest absolute Gasteiger partial charge is 0.303 e. The zero-order valence-electron chi connectivity index (χ0n) is 9.04. The van der Waals surface area contributed by atoms with Gasteiger partial charge in [0.15, 0.2) is 0 Å². The Morgan fingerprint density at radius 2 is 2.36 bits per heavy atom. The van der Waals surface area contributed by atoms with Crippen LogP contribution in [0.1, 0.15) is 39.0 Å². The molecule has 0 aliphatic carbocycles. The van der Waals surface area contributed by atoms with Crippen LogP contribution in [0.15, 0.2) is 0 Å². The Balaban J connectivity index is 2.21. The van der Waals surface area contributed by atoms with Crippen LogP contribution >= 0.6 is 0 Å². The van der Waals surface area contributed by atoms with E-state index in [4.69, 9.17) is 5.11 Å². The van der Waals surface area contributed by atoms with Gasteiger partial charge in [0.05, 0.1) is 0 Å². The second-order valence-electron chi connectivity index (χ2n) is 4.24. The van der Waals surface area contributed by atoms with Crippen LogP contribution in [0, 0.1) is 5.92 Å². The molecule has 1 saturated heterocycles. The lowest BCUT2D eigenvalue weighted by Crippen LogP contribution is -2.36. The summed E-state index contributed by atoms with van der Waals surface area (Å²) >= 11 is 0. The minimum absolute atomic E-state index is 0.338. The molecule has 1 rings (SSSR count). The summed E-state index contributed by atoms with van der Waals surface area (Å²) in [5.41, 5.74) is 0. The fourth-order valence-electron chi connectivity index (χ4n) is 2.23. The zero-order valence-corrected chi connectivity index (χ0v) is 9.04. The molecule has 0 aromatic rings. The van der Waals surface area contributed by atoms with E-state index in [1.165, 1.54) is 32.4 Å². The van der Waals surface area contributed by atoms with Gasteiger partial charge in [0.1, 0.15) is 0 Å². The summed E-state index contributed by atoms with van der Waals surface area (Å²) in [6.45, 7) is 5.68. The summed E-state index contributed by atoms with van der Waals surface area (Å²) in [6, 6.07) is 0. The molecule has 3 nitrogen and oxygen atoms in total. The number of hydrogen-bond donors (Lipinski definition) is 1. The molecule has 1 aliphatic heterocycles. The topological polar surface area (TPSA) is 40.5 Å². The SMILES string of the molecule is CCCN1CCCC(CCC(=O)O)C1. The summed E-state index contributed by atoms with van der Waals surface area (Å²) in [6.07, 6.45) is 4.85. The van der Waals surface area contributed by atoms with Crippen LogP contribution in [0.25, 0.3) is 0 Å². The van der Waals surface area contributed by atoms with E-state index in [2.05, 4.69) is 11.8 Å². The molecule has 1 unspecified atom stereocenters. The number of rotatable bonds is 5. The maximum absolute atomic E-state index is 10.4. The average Bonchev–Trinajstić information content (AvgIpc) is 2.16. The van der Waals surface area contributed by atoms with Gasteiger partial charge in [0.25, 0.3) is 0 Å². The first-order valence-corrected chi connectivity index (χ1v) is 5.66. The fraction of sp³-hybridized carbons (Fsp3) is 0.909. The van der Waals surface area contributed by atoms with Crippen molar-refractivity contribution in [1.29, 1.82) is 0 Å². The van der Waals surface area contributed by atoms with Crippen LogP contribution in [0.4, 0.5) is 0 Å². The van der Waals surface area contributed by atoms with Crippen LogP contribution in [-0.4, -0.2) is 35.6 Å². The quantitative estimate of drug-likeness (QED) is 0.736. The Morgan fingerprint density at radius 1 is 1.57 bits per heavy atom. The molecule has 14 heavy (non-hydrogen) atoms. The van der Waals surface area contributed by atoms with E-state index in [0.717, 1.165) is 13.0 Å². The Morgan fingerprint density at radius 3 is 3.00 bits per heavy atom. The molecular weight excluding hydrogens is 178 g/mol. The lowest BCUT2D eigenvalue weighted by atomic mass is 9.93. The highest BCUT2D eigenvalue weighted by atomic mass is 16.4. The van der Waals surface area contributed by atoms with Crippen LogP contribution in [-0.2, 0) is 4.79 Å². The Kier molecular flexibility index (Phi) is 4.94. The molecule has 0 saturated carbocycles. The maximum Gasteiger partial charge on any atom is 0.303 e. The molecule has 1 fully saturated rings. The van der Waals surface area contributed by atoms with E-state index in [1.807, 2.05) is 0 Å². The molecule has 0 spiro atoms. The monoisotopic (exact) mass is 199 g/mol. The minimum Gasteiger partial charge on any atom is -0.481 e.